The van der Waals surface area contributed by atoms with Crippen molar-refractivity contribution < 1.29 is 4.74 Å². The van der Waals surface area contributed by atoms with Crippen molar-refractivity contribution >= 4 is 0 Å². The molecule has 0 fully saturated rings. The Labute approximate surface area is 128 Å². The van der Waals surface area contributed by atoms with Crippen molar-refractivity contribution in [2.24, 2.45) is 0 Å². The largest absolute Gasteiger partial charge is 0.491 e. The van der Waals surface area contributed by atoms with Crippen molar-refractivity contribution in [1.82, 2.24) is 30.4 Å². The van der Waals surface area contributed by atoms with Gasteiger partial charge in [0.2, 0.25) is 0 Å². The van der Waals surface area contributed by atoms with Gasteiger partial charge in [-0.1, -0.05) is 17.2 Å². The highest BCUT2D eigenvalue weighted by molar-refractivity contribution is 5.69. The third-order valence-corrected chi connectivity index (χ3v) is 3.33. The van der Waals surface area contributed by atoms with E-state index < -0.39 is 0 Å². The van der Waals surface area contributed by atoms with Gasteiger partial charge in [-0.25, -0.2) is 0 Å². The molecule has 0 radical (unpaired) electrons. The molecule has 0 atom stereocenters. The Balaban J connectivity index is 1.98. The summed E-state index contributed by atoms with van der Waals surface area (Å²) in [7, 11) is 0. The summed E-state index contributed by atoms with van der Waals surface area (Å²) in [4.78, 5) is 0. The van der Waals surface area contributed by atoms with Gasteiger partial charge in [-0.3, -0.25) is 0 Å². The zero-order valence-corrected chi connectivity index (χ0v) is 13.0. The first-order valence-corrected chi connectivity index (χ1v) is 7.13. The molecule has 1 N–H and O–H groups in total. The Morgan fingerprint density at radius 3 is 2.45 bits per heavy atom. The second-order valence-corrected chi connectivity index (χ2v) is 5.36. The normalized spacial score (nSPS) is 11.1. The molecule has 114 valence electrons. The minimum absolute atomic E-state index is 0.162. The molecule has 3 rings (SSSR count). The van der Waals surface area contributed by atoms with Gasteiger partial charge in [-0.05, 0) is 50.6 Å². The molecular formula is C15H18N6O. The number of aromatic nitrogens is 6. The van der Waals surface area contributed by atoms with Crippen molar-refractivity contribution in [3.63, 3.8) is 0 Å². The lowest BCUT2D eigenvalue weighted by Crippen LogP contribution is -2.05. The second-order valence-electron chi connectivity index (χ2n) is 5.36. The highest BCUT2D eigenvalue weighted by Crippen LogP contribution is 2.29. The predicted molar refractivity (Wildman–Crippen MR) is 82.0 cm³/mol. The van der Waals surface area contributed by atoms with E-state index >= 15 is 0 Å². The first-order valence-electron chi connectivity index (χ1n) is 7.13. The maximum absolute atomic E-state index is 5.68. The van der Waals surface area contributed by atoms with Crippen LogP contribution in [0, 0.1) is 13.8 Å². The summed E-state index contributed by atoms with van der Waals surface area (Å²) in [6.07, 6.45) is 0.162. The number of rotatable bonds is 4. The number of H-pyrrole nitrogens is 1. The fourth-order valence-electron chi connectivity index (χ4n) is 2.47. The Morgan fingerprint density at radius 2 is 1.86 bits per heavy atom. The number of nitrogens with zero attached hydrogens (tertiary/aromatic N) is 5. The van der Waals surface area contributed by atoms with Gasteiger partial charge in [0, 0.05) is 5.56 Å². The van der Waals surface area contributed by atoms with E-state index in [0.29, 0.717) is 5.95 Å². The zero-order chi connectivity index (χ0) is 15.7. The lowest BCUT2D eigenvalue weighted by Gasteiger charge is -2.10. The van der Waals surface area contributed by atoms with Crippen LogP contribution in [0.3, 0.4) is 0 Å². The third kappa shape index (κ3) is 2.57. The minimum atomic E-state index is 0.162. The number of aromatic amines is 1. The lowest BCUT2D eigenvalue weighted by molar-refractivity contribution is 0.242. The summed E-state index contributed by atoms with van der Waals surface area (Å²) in [5.74, 6) is 1.30. The Morgan fingerprint density at radius 1 is 1.14 bits per heavy atom. The van der Waals surface area contributed by atoms with E-state index in [1.807, 2.05) is 52.0 Å². The van der Waals surface area contributed by atoms with Crippen LogP contribution >= 0.6 is 0 Å². The standard InChI is InChI=1S/C15H18N6O/c1-9(2)22-13-7-5-12(6-8-13)14-10(3)18-21(11(14)4)15-16-19-20-17-15/h5-9H,1-4H3,(H,16,17,19,20). The highest BCUT2D eigenvalue weighted by Gasteiger charge is 2.16. The second kappa shape index (κ2) is 5.59. The highest BCUT2D eigenvalue weighted by atomic mass is 16.5. The smallest absolute Gasteiger partial charge is 0.290 e. The molecule has 0 saturated carbocycles. The summed E-state index contributed by atoms with van der Waals surface area (Å²) in [5, 5.41) is 18.5. The van der Waals surface area contributed by atoms with E-state index in [1.165, 1.54) is 0 Å². The number of ether oxygens (including phenoxy) is 1. The van der Waals surface area contributed by atoms with Crippen LogP contribution < -0.4 is 4.74 Å². The molecule has 0 aliphatic carbocycles. The van der Waals surface area contributed by atoms with Gasteiger partial charge in [0.25, 0.3) is 5.95 Å². The minimum Gasteiger partial charge on any atom is -0.491 e. The van der Waals surface area contributed by atoms with E-state index in [1.54, 1.807) is 4.68 Å². The number of benzene rings is 1. The summed E-state index contributed by atoms with van der Waals surface area (Å²) >= 11 is 0. The molecule has 7 heteroatoms. The number of hydrogen-bond acceptors (Lipinski definition) is 5. The molecule has 0 saturated heterocycles. The van der Waals surface area contributed by atoms with Gasteiger partial charge in [-0.15, -0.1) is 5.10 Å². The van der Waals surface area contributed by atoms with E-state index in [0.717, 1.165) is 28.3 Å². The molecule has 3 aromatic rings. The van der Waals surface area contributed by atoms with Crippen LogP contribution in [-0.2, 0) is 0 Å². The molecule has 0 aliphatic heterocycles. The Kier molecular flexibility index (Phi) is 3.62. The van der Waals surface area contributed by atoms with Crippen molar-refractivity contribution in [3.05, 3.63) is 35.7 Å². The first-order chi connectivity index (χ1) is 10.6. The molecule has 7 nitrogen and oxygen atoms in total. The van der Waals surface area contributed by atoms with Crippen LogP contribution in [0.1, 0.15) is 25.2 Å². The van der Waals surface area contributed by atoms with Gasteiger partial charge in [-0.2, -0.15) is 15.0 Å². The van der Waals surface area contributed by atoms with Crippen LogP contribution in [0.15, 0.2) is 24.3 Å². The van der Waals surface area contributed by atoms with E-state index in [4.69, 9.17) is 4.74 Å². The van der Waals surface area contributed by atoms with Gasteiger partial charge < -0.3 is 4.74 Å². The van der Waals surface area contributed by atoms with Crippen LogP contribution in [0.2, 0.25) is 0 Å². The van der Waals surface area contributed by atoms with Crippen LogP contribution in [0.25, 0.3) is 17.1 Å². The average molecular weight is 298 g/mol. The van der Waals surface area contributed by atoms with Gasteiger partial charge in [0.05, 0.1) is 17.5 Å². The molecule has 0 bridgehead atoms. The average Bonchev–Trinajstić information content (AvgIpc) is 3.08. The monoisotopic (exact) mass is 298 g/mol. The number of aryl methyl sites for hydroxylation is 1. The van der Waals surface area contributed by atoms with Crippen molar-refractivity contribution in [2.75, 3.05) is 0 Å². The topological polar surface area (TPSA) is 81.5 Å². The quantitative estimate of drug-likeness (QED) is 0.800. The van der Waals surface area contributed by atoms with Crippen molar-refractivity contribution in [3.8, 4) is 22.8 Å². The van der Waals surface area contributed by atoms with Gasteiger partial charge in [0.1, 0.15) is 5.75 Å². The Hall–Kier alpha value is -2.70. The Bertz CT molecular complexity index is 758. The molecule has 0 aliphatic rings. The zero-order valence-electron chi connectivity index (χ0n) is 13.0. The number of tetrazole rings is 1. The first kappa shape index (κ1) is 14.2. The molecule has 22 heavy (non-hydrogen) atoms. The molecule has 2 aromatic heterocycles. The summed E-state index contributed by atoms with van der Waals surface area (Å²) in [6.45, 7) is 7.98. The number of hydrogen-bond donors (Lipinski definition) is 1. The van der Waals surface area contributed by atoms with Crippen molar-refractivity contribution in [1.29, 1.82) is 0 Å². The predicted octanol–water partition coefficient (Wildman–Crippen LogP) is 2.46. The third-order valence-electron chi connectivity index (χ3n) is 3.33. The fraction of sp³-hybridized carbons (Fsp3) is 0.333. The fourth-order valence-corrected chi connectivity index (χ4v) is 2.47. The van der Waals surface area contributed by atoms with Crippen LogP contribution in [-0.4, -0.2) is 36.5 Å². The number of nitrogens with one attached hydrogen (secondary N) is 1. The van der Waals surface area contributed by atoms with E-state index in [2.05, 4.69) is 25.7 Å². The maximum atomic E-state index is 5.68. The summed E-state index contributed by atoms with van der Waals surface area (Å²) < 4.78 is 7.36. The van der Waals surface area contributed by atoms with Crippen LogP contribution in [0.5, 0.6) is 5.75 Å². The maximum Gasteiger partial charge on any atom is 0.290 e. The molecule has 0 amide bonds. The SMILES string of the molecule is Cc1nn(-c2nn[nH]n2)c(C)c1-c1ccc(OC(C)C)cc1. The molecule has 1 aromatic carbocycles. The summed E-state index contributed by atoms with van der Waals surface area (Å²) in [6, 6.07) is 8.02. The van der Waals surface area contributed by atoms with Crippen molar-refractivity contribution in [2.45, 2.75) is 33.8 Å². The molecule has 0 spiro atoms. The lowest BCUT2D eigenvalue weighted by atomic mass is 10.0. The summed E-state index contributed by atoms with van der Waals surface area (Å²) in [5.41, 5.74) is 4.04. The molecular weight excluding hydrogens is 280 g/mol. The van der Waals surface area contributed by atoms with E-state index in [9.17, 15) is 0 Å². The van der Waals surface area contributed by atoms with Gasteiger partial charge >= 0.3 is 0 Å². The molecule has 0 unspecified atom stereocenters. The van der Waals surface area contributed by atoms with E-state index in [-0.39, 0.29) is 6.10 Å². The van der Waals surface area contributed by atoms with Crippen LogP contribution in [0.4, 0.5) is 0 Å². The van der Waals surface area contributed by atoms with Gasteiger partial charge in [0.15, 0.2) is 0 Å². The molecule has 2 heterocycles.